The number of pyridine rings is 1. The maximum absolute atomic E-state index is 12.7. The summed E-state index contributed by atoms with van der Waals surface area (Å²) in [6.07, 6.45) is 1.72. The maximum atomic E-state index is 12.7. The van der Waals surface area contributed by atoms with E-state index in [1.807, 2.05) is 66.1 Å². The molecule has 0 saturated carbocycles. The lowest BCUT2D eigenvalue weighted by molar-refractivity contribution is -0.116. The number of halogens is 1. The third kappa shape index (κ3) is 3.55. The van der Waals surface area contributed by atoms with Crippen molar-refractivity contribution in [3.63, 3.8) is 0 Å². The third-order valence-electron chi connectivity index (χ3n) is 4.31. The average molecular weight is 377 g/mol. The molecule has 5 nitrogen and oxygen atoms in total. The first-order valence-corrected chi connectivity index (χ1v) is 8.92. The molecule has 27 heavy (non-hydrogen) atoms. The van der Waals surface area contributed by atoms with Crippen LogP contribution in [0.4, 0.5) is 5.69 Å². The number of benzene rings is 2. The van der Waals surface area contributed by atoms with Gasteiger partial charge in [0.25, 0.3) is 0 Å². The van der Waals surface area contributed by atoms with Gasteiger partial charge in [-0.3, -0.25) is 9.78 Å². The molecule has 2 aromatic carbocycles. The quantitative estimate of drug-likeness (QED) is 0.561. The summed E-state index contributed by atoms with van der Waals surface area (Å²) in [7, 11) is 0. The Bertz CT molecular complexity index is 1120. The molecule has 0 unspecified atom stereocenters. The van der Waals surface area contributed by atoms with Crippen LogP contribution in [0.3, 0.4) is 0 Å². The van der Waals surface area contributed by atoms with Crippen molar-refractivity contribution in [2.45, 2.75) is 13.5 Å². The molecule has 0 aliphatic carbocycles. The summed E-state index contributed by atoms with van der Waals surface area (Å²) >= 11 is 6.15. The fourth-order valence-electron chi connectivity index (χ4n) is 2.94. The highest BCUT2D eigenvalue weighted by molar-refractivity contribution is 6.31. The number of carbonyl (C=O) groups is 1. The molecule has 0 bridgehead atoms. The van der Waals surface area contributed by atoms with Crippen LogP contribution in [-0.4, -0.2) is 20.4 Å². The molecule has 0 aliphatic rings. The van der Waals surface area contributed by atoms with Crippen molar-refractivity contribution in [3.05, 3.63) is 77.4 Å². The number of amides is 1. The molecule has 0 spiro atoms. The Morgan fingerprint density at radius 2 is 1.93 bits per heavy atom. The Morgan fingerprint density at radius 1 is 1.11 bits per heavy atom. The molecule has 0 radical (unpaired) electrons. The smallest absolute Gasteiger partial charge is 0.244 e. The standard InChI is InChI=1S/C21H17ClN4O/c1-14-9-10-15(12-16(14)22)24-20(27)13-26-19-8-3-2-6-17(19)25-21(26)18-7-4-5-11-23-18/h2-12H,13H2,1H3,(H,24,27). The molecule has 1 amide bonds. The lowest BCUT2D eigenvalue weighted by Gasteiger charge is -2.10. The molecule has 4 rings (SSSR count). The maximum Gasteiger partial charge on any atom is 0.244 e. The van der Waals surface area contributed by atoms with E-state index < -0.39 is 0 Å². The summed E-state index contributed by atoms with van der Waals surface area (Å²) in [4.78, 5) is 21.7. The second-order valence-corrected chi connectivity index (χ2v) is 6.64. The number of hydrogen-bond donors (Lipinski definition) is 1. The second-order valence-electron chi connectivity index (χ2n) is 6.24. The highest BCUT2D eigenvalue weighted by Crippen LogP contribution is 2.24. The zero-order valence-electron chi connectivity index (χ0n) is 14.7. The first-order chi connectivity index (χ1) is 13.1. The minimum Gasteiger partial charge on any atom is -0.324 e. The average Bonchev–Trinajstić information content (AvgIpc) is 3.04. The fourth-order valence-corrected chi connectivity index (χ4v) is 3.12. The molecule has 0 fully saturated rings. The molecule has 2 heterocycles. The Hall–Kier alpha value is -3.18. The highest BCUT2D eigenvalue weighted by Gasteiger charge is 2.16. The van der Waals surface area contributed by atoms with Gasteiger partial charge in [0.2, 0.25) is 5.91 Å². The predicted molar refractivity (Wildman–Crippen MR) is 108 cm³/mol. The number of nitrogens with one attached hydrogen (secondary N) is 1. The fraction of sp³-hybridized carbons (Fsp3) is 0.0952. The minimum atomic E-state index is -0.157. The van der Waals surface area contributed by atoms with Gasteiger partial charge in [-0.1, -0.05) is 35.9 Å². The predicted octanol–water partition coefficient (Wildman–Crippen LogP) is 4.70. The van der Waals surface area contributed by atoms with E-state index in [0.717, 1.165) is 22.3 Å². The van der Waals surface area contributed by atoms with E-state index in [2.05, 4.69) is 15.3 Å². The number of nitrogens with zero attached hydrogens (tertiary/aromatic N) is 3. The van der Waals surface area contributed by atoms with Crippen LogP contribution >= 0.6 is 11.6 Å². The van der Waals surface area contributed by atoms with Crippen molar-refractivity contribution in [3.8, 4) is 11.5 Å². The van der Waals surface area contributed by atoms with E-state index >= 15 is 0 Å². The van der Waals surface area contributed by atoms with Crippen LogP contribution in [0.15, 0.2) is 66.9 Å². The molecule has 2 aromatic heterocycles. The van der Waals surface area contributed by atoms with Crippen LogP contribution in [0, 0.1) is 6.92 Å². The van der Waals surface area contributed by atoms with E-state index in [1.165, 1.54) is 0 Å². The molecule has 0 aliphatic heterocycles. The van der Waals surface area contributed by atoms with Crippen molar-refractivity contribution in [2.75, 3.05) is 5.32 Å². The molecule has 4 aromatic rings. The molecular formula is C21H17ClN4O. The molecule has 6 heteroatoms. The van der Waals surface area contributed by atoms with Gasteiger partial charge in [-0.05, 0) is 48.9 Å². The lowest BCUT2D eigenvalue weighted by atomic mass is 10.2. The van der Waals surface area contributed by atoms with Crippen LogP contribution in [0.2, 0.25) is 5.02 Å². The largest absolute Gasteiger partial charge is 0.324 e. The van der Waals surface area contributed by atoms with Crippen molar-refractivity contribution in [1.29, 1.82) is 0 Å². The van der Waals surface area contributed by atoms with E-state index in [1.54, 1.807) is 12.3 Å². The highest BCUT2D eigenvalue weighted by atomic mass is 35.5. The van der Waals surface area contributed by atoms with Crippen LogP contribution < -0.4 is 5.32 Å². The van der Waals surface area contributed by atoms with E-state index in [0.29, 0.717) is 16.5 Å². The van der Waals surface area contributed by atoms with Crippen LogP contribution in [-0.2, 0) is 11.3 Å². The summed E-state index contributed by atoms with van der Waals surface area (Å²) < 4.78 is 1.88. The summed E-state index contributed by atoms with van der Waals surface area (Å²) in [5.41, 5.74) is 4.06. The van der Waals surface area contributed by atoms with Gasteiger partial charge in [0, 0.05) is 16.9 Å². The summed E-state index contributed by atoms with van der Waals surface area (Å²) in [5.74, 6) is 0.504. The molecule has 134 valence electrons. The summed E-state index contributed by atoms with van der Waals surface area (Å²) in [5, 5.41) is 3.52. The van der Waals surface area contributed by atoms with E-state index in [4.69, 9.17) is 11.6 Å². The molecular weight excluding hydrogens is 360 g/mol. The number of hydrogen-bond acceptors (Lipinski definition) is 3. The minimum absolute atomic E-state index is 0.123. The Morgan fingerprint density at radius 3 is 2.70 bits per heavy atom. The lowest BCUT2D eigenvalue weighted by Crippen LogP contribution is -2.19. The van der Waals surface area contributed by atoms with Gasteiger partial charge < -0.3 is 9.88 Å². The van der Waals surface area contributed by atoms with Crippen LogP contribution in [0.25, 0.3) is 22.6 Å². The molecule has 0 saturated heterocycles. The first kappa shape index (κ1) is 17.2. The van der Waals surface area contributed by atoms with Crippen LogP contribution in [0.5, 0.6) is 0 Å². The number of rotatable bonds is 4. The van der Waals surface area contributed by atoms with Gasteiger partial charge in [0.05, 0.1) is 11.0 Å². The third-order valence-corrected chi connectivity index (χ3v) is 4.71. The molecule has 0 atom stereocenters. The summed E-state index contributed by atoms with van der Waals surface area (Å²) in [6, 6.07) is 18.8. The Labute approximate surface area is 161 Å². The van der Waals surface area contributed by atoms with Gasteiger partial charge in [0.15, 0.2) is 5.82 Å². The second kappa shape index (κ2) is 7.21. The number of aromatic nitrogens is 3. The monoisotopic (exact) mass is 376 g/mol. The van der Waals surface area contributed by atoms with E-state index in [-0.39, 0.29) is 12.5 Å². The number of fused-ring (bicyclic) bond motifs is 1. The molecule has 1 N–H and O–H groups in total. The van der Waals surface area contributed by atoms with Crippen molar-refractivity contribution < 1.29 is 4.79 Å². The van der Waals surface area contributed by atoms with E-state index in [9.17, 15) is 4.79 Å². The summed E-state index contributed by atoms with van der Waals surface area (Å²) in [6.45, 7) is 2.04. The number of aryl methyl sites for hydroxylation is 1. The van der Waals surface area contributed by atoms with Crippen molar-refractivity contribution in [1.82, 2.24) is 14.5 Å². The van der Waals surface area contributed by atoms with Gasteiger partial charge in [0.1, 0.15) is 12.2 Å². The van der Waals surface area contributed by atoms with Gasteiger partial charge in [-0.2, -0.15) is 0 Å². The number of para-hydroxylation sites is 2. The normalized spacial score (nSPS) is 10.9. The van der Waals surface area contributed by atoms with Crippen molar-refractivity contribution in [2.24, 2.45) is 0 Å². The van der Waals surface area contributed by atoms with Crippen LogP contribution in [0.1, 0.15) is 5.56 Å². The number of imidazole rings is 1. The number of carbonyl (C=O) groups excluding carboxylic acids is 1. The topological polar surface area (TPSA) is 59.8 Å². The van der Waals surface area contributed by atoms with Gasteiger partial charge in [-0.25, -0.2) is 4.98 Å². The number of anilines is 1. The zero-order valence-corrected chi connectivity index (χ0v) is 15.4. The van der Waals surface area contributed by atoms with Gasteiger partial charge in [-0.15, -0.1) is 0 Å². The zero-order chi connectivity index (χ0) is 18.8. The first-order valence-electron chi connectivity index (χ1n) is 8.54. The van der Waals surface area contributed by atoms with Gasteiger partial charge >= 0.3 is 0 Å². The SMILES string of the molecule is Cc1ccc(NC(=O)Cn2c(-c3ccccn3)nc3ccccc32)cc1Cl. The van der Waals surface area contributed by atoms with Crippen molar-refractivity contribution >= 4 is 34.2 Å². The Kier molecular flexibility index (Phi) is 4.60. The Balaban J connectivity index is 1.68.